The van der Waals surface area contributed by atoms with Gasteiger partial charge in [-0.15, -0.1) is 0 Å². The van der Waals surface area contributed by atoms with Crippen LogP contribution in [-0.4, -0.2) is 40.5 Å². The van der Waals surface area contributed by atoms with Gasteiger partial charge in [0.15, 0.2) is 0 Å². The summed E-state index contributed by atoms with van der Waals surface area (Å²) in [5.41, 5.74) is 1.57. The number of sulfonamides is 1. The third kappa shape index (κ3) is 7.11. The summed E-state index contributed by atoms with van der Waals surface area (Å²) in [4.78, 5) is 11.9. The van der Waals surface area contributed by atoms with Crippen molar-refractivity contribution in [3.63, 3.8) is 0 Å². The fourth-order valence-electron chi connectivity index (χ4n) is 2.05. The average molecular weight is 341 g/mol. The van der Waals surface area contributed by atoms with Crippen LogP contribution in [0, 0.1) is 13.8 Å². The molecule has 23 heavy (non-hydrogen) atoms. The lowest BCUT2D eigenvalue weighted by Gasteiger charge is -2.10. The largest absolute Gasteiger partial charge is 0.355 e. The summed E-state index contributed by atoms with van der Waals surface area (Å²) in [6.45, 7) is 7.95. The summed E-state index contributed by atoms with van der Waals surface area (Å²) in [6.07, 6.45) is 1.17. The first-order chi connectivity index (χ1) is 10.9. The van der Waals surface area contributed by atoms with Gasteiger partial charge in [0.2, 0.25) is 15.9 Å². The van der Waals surface area contributed by atoms with Gasteiger partial charge in [-0.2, -0.15) is 0 Å². The first-order valence-electron chi connectivity index (χ1n) is 7.91. The summed E-state index contributed by atoms with van der Waals surface area (Å²) < 4.78 is 27.0. The molecule has 0 fully saturated rings. The lowest BCUT2D eigenvalue weighted by atomic mass is 10.2. The van der Waals surface area contributed by atoms with Crippen molar-refractivity contribution in [1.29, 1.82) is 0 Å². The van der Waals surface area contributed by atoms with Crippen LogP contribution in [-0.2, 0) is 14.8 Å². The normalized spacial score (nSPS) is 11.4. The third-order valence-corrected chi connectivity index (χ3v) is 4.93. The van der Waals surface area contributed by atoms with Gasteiger partial charge in [-0.1, -0.05) is 19.1 Å². The van der Waals surface area contributed by atoms with E-state index in [1.54, 1.807) is 19.1 Å². The molecule has 0 aliphatic heterocycles. The maximum atomic E-state index is 12.3. The van der Waals surface area contributed by atoms with Crippen molar-refractivity contribution in [2.24, 2.45) is 0 Å². The molecule has 0 saturated heterocycles. The van der Waals surface area contributed by atoms with E-state index >= 15 is 0 Å². The molecule has 1 aromatic carbocycles. The van der Waals surface area contributed by atoms with Gasteiger partial charge in [0.1, 0.15) is 0 Å². The van der Waals surface area contributed by atoms with E-state index in [-0.39, 0.29) is 23.8 Å². The molecule has 0 aliphatic rings. The molecular formula is C16H27N3O3S. The van der Waals surface area contributed by atoms with Crippen molar-refractivity contribution in [2.45, 2.75) is 38.5 Å². The van der Waals surface area contributed by atoms with Crippen LogP contribution in [0.1, 0.15) is 30.9 Å². The quantitative estimate of drug-likeness (QED) is 0.556. The van der Waals surface area contributed by atoms with Crippen LogP contribution >= 0.6 is 0 Å². The molecule has 0 radical (unpaired) electrons. The molecule has 130 valence electrons. The topological polar surface area (TPSA) is 87.3 Å². The number of hydrogen-bond acceptors (Lipinski definition) is 4. The number of hydrogen-bond donors (Lipinski definition) is 3. The van der Waals surface area contributed by atoms with Crippen LogP contribution < -0.4 is 15.4 Å². The molecule has 0 aliphatic carbocycles. The molecule has 0 aromatic heterocycles. The first-order valence-corrected chi connectivity index (χ1v) is 9.39. The Bertz CT molecular complexity index is 615. The van der Waals surface area contributed by atoms with Crippen molar-refractivity contribution >= 4 is 15.9 Å². The average Bonchev–Trinajstić information content (AvgIpc) is 2.49. The highest BCUT2D eigenvalue weighted by Crippen LogP contribution is 2.16. The lowest BCUT2D eigenvalue weighted by Crippen LogP contribution is -2.34. The number of carbonyl (C=O) groups is 1. The standard InChI is InChI=1S/C16H27N3O3S/c1-4-8-17-10-11-18-16(20)7-9-19-23(21,22)15-12-13(2)5-6-14(15)3/h5-6,12,17,19H,4,7-11H2,1-3H3,(H,18,20). The molecule has 0 spiro atoms. The molecule has 3 N–H and O–H groups in total. The highest BCUT2D eigenvalue weighted by Gasteiger charge is 2.16. The smallest absolute Gasteiger partial charge is 0.240 e. The number of rotatable bonds is 10. The Morgan fingerprint density at radius 1 is 1.09 bits per heavy atom. The summed E-state index contributed by atoms with van der Waals surface area (Å²) in [5, 5.41) is 5.93. The van der Waals surface area contributed by atoms with Crippen LogP contribution in [0.25, 0.3) is 0 Å². The Kier molecular flexibility index (Phi) is 8.22. The van der Waals surface area contributed by atoms with Gasteiger partial charge < -0.3 is 10.6 Å². The van der Waals surface area contributed by atoms with Crippen LogP contribution in [0.5, 0.6) is 0 Å². The van der Waals surface area contributed by atoms with Crippen LogP contribution in [0.3, 0.4) is 0 Å². The highest BCUT2D eigenvalue weighted by atomic mass is 32.2. The van der Waals surface area contributed by atoms with Gasteiger partial charge in [0.25, 0.3) is 0 Å². The second-order valence-corrected chi connectivity index (χ2v) is 7.25. The summed E-state index contributed by atoms with van der Waals surface area (Å²) >= 11 is 0. The molecule has 1 aromatic rings. The van der Waals surface area contributed by atoms with E-state index in [1.165, 1.54) is 0 Å². The summed E-state index contributed by atoms with van der Waals surface area (Å²) in [5.74, 6) is -0.160. The van der Waals surface area contributed by atoms with Crippen molar-refractivity contribution in [2.75, 3.05) is 26.2 Å². The Morgan fingerprint density at radius 2 is 1.83 bits per heavy atom. The number of amides is 1. The van der Waals surface area contributed by atoms with E-state index in [4.69, 9.17) is 0 Å². The maximum Gasteiger partial charge on any atom is 0.240 e. The van der Waals surface area contributed by atoms with Crippen LogP contribution in [0.15, 0.2) is 23.1 Å². The number of aryl methyl sites for hydroxylation is 2. The second kappa shape index (κ2) is 9.64. The molecule has 0 heterocycles. The van der Waals surface area contributed by atoms with E-state index in [0.717, 1.165) is 18.5 Å². The lowest BCUT2D eigenvalue weighted by molar-refractivity contribution is -0.120. The van der Waals surface area contributed by atoms with Gasteiger partial charge in [-0.25, -0.2) is 13.1 Å². The van der Waals surface area contributed by atoms with Gasteiger partial charge >= 0.3 is 0 Å². The zero-order chi connectivity index (χ0) is 17.3. The third-order valence-electron chi connectivity index (χ3n) is 3.33. The van der Waals surface area contributed by atoms with Crippen molar-refractivity contribution in [3.05, 3.63) is 29.3 Å². The summed E-state index contributed by atoms with van der Waals surface area (Å²) in [7, 11) is -3.58. The minimum atomic E-state index is -3.58. The molecule has 0 atom stereocenters. The van der Waals surface area contributed by atoms with E-state index in [2.05, 4.69) is 22.3 Å². The number of nitrogens with one attached hydrogen (secondary N) is 3. The SMILES string of the molecule is CCCNCCNC(=O)CCNS(=O)(=O)c1cc(C)ccc1C. The molecule has 0 saturated carbocycles. The number of benzene rings is 1. The first kappa shape index (κ1) is 19.6. The Balaban J connectivity index is 2.39. The fourth-order valence-corrected chi connectivity index (χ4v) is 3.41. The van der Waals surface area contributed by atoms with Crippen LogP contribution in [0.2, 0.25) is 0 Å². The van der Waals surface area contributed by atoms with E-state index in [1.807, 2.05) is 13.0 Å². The molecule has 0 bridgehead atoms. The van der Waals surface area contributed by atoms with Crippen molar-refractivity contribution < 1.29 is 13.2 Å². The Morgan fingerprint density at radius 3 is 2.52 bits per heavy atom. The molecular weight excluding hydrogens is 314 g/mol. The summed E-state index contributed by atoms with van der Waals surface area (Å²) in [6, 6.07) is 5.28. The Hall–Kier alpha value is -1.44. The maximum absolute atomic E-state index is 12.3. The van der Waals surface area contributed by atoms with E-state index in [9.17, 15) is 13.2 Å². The highest BCUT2D eigenvalue weighted by molar-refractivity contribution is 7.89. The van der Waals surface area contributed by atoms with Gasteiger partial charge in [-0.05, 0) is 44.0 Å². The molecule has 7 heteroatoms. The predicted molar refractivity (Wildman–Crippen MR) is 91.9 cm³/mol. The van der Waals surface area contributed by atoms with Gasteiger partial charge in [-0.3, -0.25) is 4.79 Å². The Labute approximate surface area is 139 Å². The van der Waals surface area contributed by atoms with E-state index in [0.29, 0.717) is 18.7 Å². The van der Waals surface area contributed by atoms with Crippen LogP contribution in [0.4, 0.5) is 0 Å². The molecule has 1 rings (SSSR count). The minimum Gasteiger partial charge on any atom is -0.355 e. The van der Waals surface area contributed by atoms with Crippen molar-refractivity contribution in [1.82, 2.24) is 15.4 Å². The van der Waals surface area contributed by atoms with E-state index < -0.39 is 10.0 Å². The number of carbonyl (C=O) groups excluding carboxylic acids is 1. The van der Waals surface area contributed by atoms with Crippen molar-refractivity contribution in [3.8, 4) is 0 Å². The van der Waals surface area contributed by atoms with Gasteiger partial charge in [0.05, 0.1) is 4.90 Å². The zero-order valence-corrected chi connectivity index (χ0v) is 14.9. The zero-order valence-electron chi connectivity index (χ0n) is 14.1. The second-order valence-electron chi connectivity index (χ2n) is 5.52. The molecule has 6 nitrogen and oxygen atoms in total. The molecule has 1 amide bonds. The fraction of sp³-hybridized carbons (Fsp3) is 0.562. The minimum absolute atomic E-state index is 0.0872. The predicted octanol–water partition coefficient (Wildman–Crippen LogP) is 1.09. The monoisotopic (exact) mass is 341 g/mol. The molecule has 0 unspecified atom stereocenters. The van der Waals surface area contributed by atoms with Gasteiger partial charge in [0, 0.05) is 26.1 Å².